The van der Waals surface area contributed by atoms with E-state index in [1.165, 1.54) is 18.2 Å². The summed E-state index contributed by atoms with van der Waals surface area (Å²) >= 11 is 0. The van der Waals surface area contributed by atoms with Gasteiger partial charge in [-0.1, -0.05) is 30.3 Å². The van der Waals surface area contributed by atoms with E-state index < -0.39 is 6.36 Å². The van der Waals surface area contributed by atoms with Gasteiger partial charge in [0.2, 0.25) is 0 Å². The van der Waals surface area contributed by atoms with Crippen molar-refractivity contribution in [1.29, 1.82) is 0 Å². The van der Waals surface area contributed by atoms with Gasteiger partial charge in [-0.2, -0.15) is 0 Å². The van der Waals surface area contributed by atoms with E-state index in [1.807, 2.05) is 0 Å². The summed E-state index contributed by atoms with van der Waals surface area (Å²) in [5.74, 6) is -0.620. The molecule has 9 heteroatoms. The Hall–Kier alpha value is -1.54. The summed E-state index contributed by atoms with van der Waals surface area (Å²) in [5.41, 5.74) is 1.23. The van der Waals surface area contributed by atoms with Gasteiger partial charge in [0, 0.05) is 31.7 Å². The Morgan fingerprint density at radius 3 is 2.07 bits per heavy atom. The molecule has 3 rings (SSSR count). The molecule has 1 saturated heterocycles. The topological polar surface area (TPSA) is 24.5 Å². The van der Waals surface area contributed by atoms with Crippen molar-refractivity contribution in [3.8, 4) is 5.75 Å². The van der Waals surface area contributed by atoms with Crippen LogP contribution in [0.4, 0.5) is 17.6 Å². The first-order chi connectivity index (χ1) is 11.9. The fraction of sp³-hybridized carbons (Fsp3) is 0.333. The largest absolute Gasteiger partial charge is 0.573 e. The van der Waals surface area contributed by atoms with Gasteiger partial charge in [0.1, 0.15) is 11.6 Å². The van der Waals surface area contributed by atoms with E-state index in [1.54, 1.807) is 30.3 Å². The van der Waals surface area contributed by atoms with Gasteiger partial charge < -0.3 is 10.1 Å². The van der Waals surface area contributed by atoms with Crippen molar-refractivity contribution < 1.29 is 22.3 Å². The smallest absolute Gasteiger partial charge is 0.406 e. The molecule has 0 unspecified atom stereocenters. The zero-order valence-electron chi connectivity index (χ0n) is 14.2. The van der Waals surface area contributed by atoms with Crippen LogP contribution in [0.25, 0.3) is 0 Å². The number of nitrogens with one attached hydrogen (secondary N) is 1. The van der Waals surface area contributed by atoms with Crippen molar-refractivity contribution in [1.82, 2.24) is 10.2 Å². The second kappa shape index (κ2) is 10.1. The number of piperazine rings is 1. The molecule has 1 fully saturated rings. The molecule has 0 bridgehead atoms. The standard InChI is InChI=1S/C18H18F4N2O.2ClH/c19-16-4-2-1-3-15(16)17(24-11-9-23-10-12-24)13-5-7-14(8-6-13)25-18(20,21)22;;/h1-8,17,23H,9-12H2;2*1H/t17-;;/m1../s1. The van der Waals surface area contributed by atoms with Crippen LogP contribution in [-0.4, -0.2) is 37.4 Å². The number of hydrogen-bond donors (Lipinski definition) is 1. The molecule has 0 saturated carbocycles. The molecule has 1 N–H and O–H groups in total. The molecule has 1 aliphatic rings. The number of ether oxygens (including phenoxy) is 1. The molecule has 150 valence electrons. The molecule has 0 radical (unpaired) electrons. The highest BCUT2D eigenvalue weighted by molar-refractivity contribution is 5.85. The summed E-state index contributed by atoms with van der Waals surface area (Å²) in [4.78, 5) is 2.12. The number of hydrogen-bond acceptors (Lipinski definition) is 3. The highest BCUT2D eigenvalue weighted by Crippen LogP contribution is 2.32. The van der Waals surface area contributed by atoms with Gasteiger partial charge in [0.25, 0.3) is 0 Å². The first-order valence-electron chi connectivity index (χ1n) is 7.99. The van der Waals surface area contributed by atoms with E-state index in [0.717, 1.165) is 31.7 Å². The summed E-state index contributed by atoms with van der Waals surface area (Å²) < 4.78 is 55.2. The molecule has 1 atom stereocenters. The van der Waals surface area contributed by atoms with Crippen LogP contribution in [0, 0.1) is 5.82 Å². The van der Waals surface area contributed by atoms with Gasteiger partial charge in [0.05, 0.1) is 6.04 Å². The van der Waals surface area contributed by atoms with Crippen molar-refractivity contribution in [2.24, 2.45) is 0 Å². The Labute approximate surface area is 167 Å². The maximum atomic E-state index is 14.4. The van der Waals surface area contributed by atoms with E-state index in [-0.39, 0.29) is 42.4 Å². The molecule has 0 spiro atoms. The molecule has 1 aliphatic heterocycles. The van der Waals surface area contributed by atoms with Crippen LogP contribution >= 0.6 is 24.8 Å². The van der Waals surface area contributed by atoms with Crippen LogP contribution in [0.3, 0.4) is 0 Å². The zero-order chi connectivity index (χ0) is 17.9. The van der Waals surface area contributed by atoms with E-state index >= 15 is 0 Å². The van der Waals surface area contributed by atoms with Crippen molar-refractivity contribution >= 4 is 24.8 Å². The van der Waals surface area contributed by atoms with Crippen LogP contribution in [0.1, 0.15) is 17.2 Å². The van der Waals surface area contributed by atoms with Gasteiger partial charge in [-0.25, -0.2) is 4.39 Å². The van der Waals surface area contributed by atoms with E-state index in [4.69, 9.17) is 0 Å². The SMILES string of the molecule is Cl.Cl.Fc1ccccc1[C@@H](c1ccc(OC(F)(F)F)cc1)N1CCNCC1. The van der Waals surface area contributed by atoms with Crippen LogP contribution in [0.5, 0.6) is 5.75 Å². The number of benzene rings is 2. The third kappa shape index (κ3) is 6.24. The highest BCUT2D eigenvalue weighted by Gasteiger charge is 2.31. The maximum absolute atomic E-state index is 14.4. The predicted molar refractivity (Wildman–Crippen MR) is 100 cm³/mol. The lowest BCUT2D eigenvalue weighted by molar-refractivity contribution is -0.274. The molecule has 27 heavy (non-hydrogen) atoms. The number of halogens is 6. The van der Waals surface area contributed by atoms with Crippen molar-refractivity contribution in [2.45, 2.75) is 12.4 Å². The summed E-state index contributed by atoms with van der Waals surface area (Å²) in [6.45, 7) is 3.00. The van der Waals surface area contributed by atoms with Gasteiger partial charge in [0.15, 0.2) is 0 Å². The van der Waals surface area contributed by atoms with Crippen molar-refractivity contribution in [3.63, 3.8) is 0 Å². The van der Waals surface area contributed by atoms with Gasteiger partial charge in [-0.3, -0.25) is 4.90 Å². The minimum absolute atomic E-state index is 0. The molecule has 0 amide bonds. The summed E-state index contributed by atoms with van der Waals surface area (Å²) in [7, 11) is 0. The Morgan fingerprint density at radius 1 is 0.926 bits per heavy atom. The summed E-state index contributed by atoms with van der Waals surface area (Å²) in [6, 6.07) is 11.8. The maximum Gasteiger partial charge on any atom is 0.573 e. The summed E-state index contributed by atoms with van der Waals surface area (Å²) in [6.07, 6.45) is -4.73. The van der Waals surface area contributed by atoms with Gasteiger partial charge >= 0.3 is 6.36 Å². The molecule has 2 aromatic rings. The normalized spacial score (nSPS) is 16.0. The number of alkyl halides is 3. The first kappa shape index (κ1) is 23.5. The Kier molecular flexibility index (Phi) is 8.81. The fourth-order valence-corrected chi connectivity index (χ4v) is 3.08. The lowest BCUT2D eigenvalue weighted by Crippen LogP contribution is -2.45. The molecular weight excluding hydrogens is 407 g/mol. The quantitative estimate of drug-likeness (QED) is 0.725. The molecular formula is C18H20Cl2F4N2O. The van der Waals surface area contributed by atoms with Crippen molar-refractivity contribution in [2.75, 3.05) is 26.2 Å². The van der Waals surface area contributed by atoms with Crippen LogP contribution in [0.2, 0.25) is 0 Å². The number of nitrogens with zero attached hydrogens (tertiary/aromatic N) is 1. The van der Waals surface area contributed by atoms with E-state index in [9.17, 15) is 17.6 Å². The third-order valence-electron chi connectivity index (χ3n) is 4.15. The summed E-state index contributed by atoms with van der Waals surface area (Å²) in [5, 5.41) is 3.24. The van der Waals surface area contributed by atoms with Crippen LogP contribution < -0.4 is 10.1 Å². The Morgan fingerprint density at radius 2 is 1.52 bits per heavy atom. The third-order valence-corrected chi connectivity index (χ3v) is 4.15. The van der Waals surface area contributed by atoms with Crippen LogP contribution in [0.15, 0.2) is 48.5 Å². The average Bonchev–Trinajstić information content (AvgIpc) is 2.58. The molecule has 0 aromatic heterocycles. The van der Waals surface area contributed by atoms with Crippen molar-refractivity contribution in [3.05, 3.63) is 65.5 Å². The zero-order valence-corrected chi connectivity index (χ0v) is 15.8. The fourth-order valence-electron chi connectivity index (χ4n) is 3.08. The lowest BCUT2D eigenvalue weighted by atomic mass is 9.96. The second-order valence-corrected chi connectivity index (χ2v) is 5.83. The lowest BCUT2D eigenvalue weighted by Gasteiger charge is -2.35. The number of rotatable bonds is 4. The van der Waals surface area contributed by atoms with Gasteiger partial charge in [-0.15, -0.1) is 38.0 Å². The molecule has 2 aromatic carbocycles. The predicted octanol–water partition coefficient (Wildman–Crippen LogP) is 4.56. The Balaban J connectivity index is 0.00000182. The minimum Gasteiger partial charge on any atom is -0.406 e. The first-order valence-corrected chi connectivity index (χ1v) is 7.99. The minimum atomic E-state index is -4.73. The second-order valence-electron chi connectivity index (χ2n) is 5.83. The average molecular weight is 427 g/mol. The van der Waals surface area contributed by atoms with Gasteiger partial charge in [-0.05, 0) is 23.8 Å². The monoisotopic (exact) mass is 426 g/mol. The Bertz CT molecular complexity index is 707. The van der Waals surface area contributed by atoms with Crippen LogP contribution in [-0.2, 0) is 0 Å². The van der Waals surface area contributed by atoms with E-state index in [2.05, 4.69) is 15.0 Å². The molecule has 3 nitrogen and oxygen atoms in total. The molecule has 0 aliphatic carbocycles. The molecule has 1 heterocycles. The van der Waals surface area contributed by atoms with E-state index in [0.29, 0.717) is 5.56 Å². The highest BCUT2D eigenvalue weighted by atomic mass is 35.5.